The fourth-order valence-electron chi connectivity index (χ4n) is 1.79. The number of aromatic nitrogens is 2. The second-order valence-electron chi connectivity index (χ2n) is 4.75. The SMILES string of the molecule is COC(=O)C(CC(C)C)NC(=O)c1c(N)cnn1C. The van der Waals surface area contributed by atoms with Crippen LogP contribution in [-0.2, 0) is 16.6 Å². The van der Waals surface area contributed by atoms with Crippen molar-refractivity contribution in [3.63, 3.8) is 0 Å². The molecule has 19 heavy (non-hydrogen) atoms. The zero-order valence-electron chi connectivity index (χ0n) is 11.6. The van der Waals surface area contributed by atoms with Gasteiger partial charge in [-0.15, -0.1) is 0 Å². The van der Waals surface area contributed by atoms with E-state index in [1.54, 1.807) is 7.05 Å². The summed E-state index contributed by atoms with van der Waals surface area (Å²) in [5.74, 6) is -0.662. The quantitative estimate of drug-likeness (QED) is 0.749. The van der Waals surface area contributed by atoms with Crippen molar-refractivity contribution in [2.75, 3.05) is 12.8 Å². The van der Waals surface area contributed by atoms with Crippen molar-refractivity contribution in [2.24, 2.45) is 13.0 Å². The highest BCUT2D eigenvalue weighted by molar-refractivity contribution is 5.99. The van der Waals surface area contributed by atoms with Crippen LogP contribution in [0.15, 0.2) is 6.20 Å². The van der Waals surface area contributed by atoms with Gasteiger partial charge in [0.25, 0.3) is 5.91 Å². The zero-order chi connectivity index (χ0) is 14.6. The molecule has 0 spiro atoms. The van der Waals surface area contributed by atoms with Gasteiger partial charge in [0.05, 0.1) is 19.0 Å². The van der Waals surface area contributed by atoms with E-state index >= 15 is 0 Å². The summed E-state index contributed by atoms with van der Waals surface area (Å²) in [7, 11) is 2.90. The Morgan fingerprint density at radius 1 is 1.53 bits per heavy atom. The molecule has 1 aromatic rings. The second-order valence-corrected chi connectivity index (χ2v) is 4.75. The molecule has 7 heteroatoms. The first-order valence-electron chi connectivity index (χ1n) is 6.03. The highest BCUT2D eigenvalue weighted by Crippen LogP contribution is 2.11. The van der Waals surface area contributed by atoms with Gasteiger partial charge in [-0.1, -0.05) is 13.8 Å². The van der Waals surface area contributed by atoms with E-state index in [0.717, 1.165) is 0 Å². The molecule has 0 saturated heterocycles. The Labute approximate surface area is 112 Å². The first kappa shape index (κ1) is 15.0. The Kier molecular flexibility index (Phi) is 4.91. The van der Waals surface area contributed by atoms with Crippen molar-refractivity contribution in [1.29, 1.82) is 0 Å². The number of hydrogen-bond donors (Lipinski definition) is 2. The lowest BCUT2D eigenvalue weighted by molar-refractivity contribution is -0.143. The minimum atomic E-state index is -0.688. The van der Waals surface area contributed by atoms with Gasteiger partial charge in [0.15, 0.2) is 0 Å². The Bertz CT molecular complexity index is 448. The Balaban J connectivity index is 2.85. The number of carbonyl (C=O) groups is 2. The molecule has 0 fully saturated rings. The molecule has 1 rings (SSSR count). The van der Waals surface area contributed by atoms with Crippen LogP contribution in [0.3, 0.4) is 0 Å². The summed E-state index contributed by atoms with van der Waals surface area (Å²) >= 11 is 0. The van der Waals surface area contributed by atoms with Crippen molar-refractivity contribution in [3.8, 4) is 0 Å². The largest absolute Gasteiger partial charge is 0.467 e. The van der Waals surface area contributed by atoms with Crippen molar-refractivity contribution in [3.05, 3.63) is 11.9 Å². The van der Waals surface area contributed by atoms with Crippen LogP contribution in [0.25, 0.3) is 0 Å². The molecular formula is C12H20N4O3. The van der Waals surface area contributed by atoms with Crippen LogP contribution in [0.1, 0.15) is 30.8 Å². The number of hydrogen-bond acceptors (Lipinski definition) is 5. The van der Waals surface area contributed by atoms with E-state index in [2.05, 4.69) is 15.2 Å². The topological polar surface area (TPSA) is 99.2 Å². The molecule has 3 N–H and O–H groups in total. The minimum Gasteiger partial charge on any atom is -0.467 e. The summed E-state index contributed by atoms with van der Waals surface area (Å²) in [6, 6.07) is -0.688. The van der Waals surface area contributed by atoms with E-state index in [9.17, 15) is 9.59 Å². The van der Waals surface area contributed by atoms with Gasteiger partial charge >= 0.3 is 5.97 Å². The van der Waals surface area contributed by atoms with E-state index in [1.165, 1.54) is 18.0 Å². The van der Waals surface area contributed by atoms with Crippen molar-refractivity contribution in [2.45, 2.75) is 26.3 Å². The molecule has 1 amide bonds. The van der Waals surface area contributed by atoms with Gasteiger partial charge in [-0.05, 0) is 12.3 Å². The van der Waals surface area contributed by atoms with Gasteiger partial charge in [-0.3, -0.25) is 9.48 Å². The summed E-state index contributed by atoms with van der Waals surface area (Å²) in [6.07, 6.45) is 1.89. The number of anilines is 1. The Hall–Kier alpha value is -2.05. The third-order valence-electron chi connectivity index (χ3n) is 2.68. The third kappa shape index (κ3) is 3.70. The predicted octanol–water partition coefficient (Wildman–Crippen LogP) is 0.320. The lowest BCUT2D eigenvalue weighted by Gasteiger charge is -2.18. The van der Waals surface area contributed by atoms with Gasteiger partial charge in [0, 0.05) is 7.05 Å². The molecular weight excluding hydrogens is 248 g/mol. The van der Waals surface area contributed by atoms with Crippen LogP contribution in [0.5, 0.6) is 0 Å². The van der Waals surface area contributed by atoms with Gasteiger partial charge in [-0.25, -0.2) is 4.79 Å². The molecule has 0 aliphatic heterocycles. The van der Waals surface area contributed by atoms with Gasteiger partial charge < -0.3 is 15.8 Å². The van der Waals surface area contributed by atoms with Gasteiger partial charge in [0.2, 0.25) is 0 Å². The van der Waals surface area contributed by atoms with Gasteiger partial charge in [-0.2, -0.15) is 5.10 Å². The van der Waals surface area contributed by atoms with E-state index in [1.807, 2.05) is 13.8 Å². The maximum atomic E-state index is 12.1. The number of ether oxygens (including phenoxy) is 1. The molecule has 7 nitrogen and oxygen atoms in total. The van der Waals surface area contributed by atoms with Crippen LogP contribution in [-0.4, -0.2) is 34.8 Å². The Morgan fingerprint density at radius 2 is 2.16 bits per heavy atom. The molecule has 0 aliphatic rings. The number of aryl methyl sites for hydroxylation is 1. The summed E-state index contributed by atoms with van der Waals surface area (Å²) in [5.41, 5.74) is 6.17. The number of nitrogens with zero attached hydrogens (tertiary/aromatic N) is 2. The first-order chi connectivity index (χ1) is 8.86. The maximum absolute atomic E-state index is 12.1. The Morgan fingerprint density at radius 3 is 2.58 bits per heavy atom. The molecule has 1 aromatic heterocycles. The average molecular weight is 268 g/mol. The summed E-state index contributed by atoms with van der Waals surface area (Å²) in [5, 5.41) is 6.51. The smallest absolute Gasteiger partial charge is 0.328 e. The van der Waals surface area contributed by atoms with Crippen LogP contribution >= 0.6 is 0 Å². The molecule has 0 radical (unpaired) electrons. The summed E-state index contributed by atoms with van der Waals surface area (Å²) in [6.45, 7) is 3.92. The second kappa shape index (κ2) is 6.21. The first-order valence-corrected chi connectivity index (χ1v) is 6.03. The van der Waals surface area contributed by atoms with Crippen LogP contribution in [0.2, 0.25) is 0 Å². The lowest BCUT2D eigenvalue weighted by Crippen LogP contribution is -2.43. The number of amides is 1. The minimum absolute atomic E-state index is 0.234. The highest BCUT2D eigenvalue weighted by atomic mass is 16.5. The predicted molar refractivity (Wildman–Crippen MR) is 70.3 cm³/mol. The van der Waals surface area contributed by atoms with E-state index in [-0.39, 0.29) is 17.3 Å². The monoisotopic (exact) mass is 268 g/mol. The molecule has 1 unspecified atom stereocenters. The summed E-state index contributed by atoms with van der Waals surface area (Å²) in [4.78, 5) is 23.7. The number of nitrogens with one attached hydrogen (secondary N) is 1. The summed E-state index contributed by atoms with van der Waals surface area (Å²) < 4.78 is 6.05. The molecule has 106 valence electrons. The van der Waals surface area contributed by atoms with Crippen molar-refractivity contribution >= 4 is 17.6 Å². The molecule has 1 atom stereocenters. The number of esters is 1. The number of nitrogen functional groups attached to an aromatic ring is 1. The molecule has 0 aliphatic carbocycles. The molecule has 0 bridgehead atoms. The number of carbonyl (C=O) groups excluding carboxylic acids is 2. The average Bonchev–Trinajstić information content (AvgIpc) is 2.66. The fourth-order valence-corrected chi connectivity index (χ4v) is 1.79. The highest BCUT2D eigenvalue weighted by Gasteiger charge is 2.25. The van der Waals surface area contributed by atoms with Gasteiger partial charge in [0.1, 0.15) is 11.7 Å². The number of methoxy groups -OCH3 is 1. The number of nitrogens with two attached hydrogens (primary N) is 1. The molecule has 0 saturated carbocycles. The van der Waals surface area contributed by atoms with E-state index < -0.39 is 17.9 Å². The van der Waals surface area contributed by atoms with Crippen LogP contribution in [0, 0.1) is 5.92 Å². The zero-order valence-corrected chi connectivity index (χ0v) is 11.6. The molecule has 0 aromatic carbocycles. The van der Waals surface area contributed by atoms with E-state index in [0.29, 0.717) is 6.42 Å². The maximum Gasteiger partial charge on any atom is 0.328 e. The van der Waals surface area contributed by atoms with Crippen LogP contribution < -0.4 is 11.1 Å². The normalized spacial score (nSPS) is 12.3. The van der Waals surface area contributed by atoms with Crippen LogP contribution in [0.4, 0.5) is 5.69 Å². The fraction of sp³-hybridized carbons (Fsp3) is 0.583. The van der Waals surface area contributed by atoms with E-state index in [4.69, 9.17) is 5.73 Å². The van der Waals surface area contributed by atoms with Crippen molar-refractivity contribution in [1.82, 2.24) is 15.1 Å². The molecule has 1 heterocycles. The van der Waals surface area contributed by atoms with Crippen molar-refractivity contribution < 1.29 is 14.3 Å². The third-order valence-corrected chi connectivity index (χ3v) is 2.68. The lowest BCUT2D eigenvalue weighted by atomic mass is 10.0. The standard InChI is InChI=1S/C12H20N4O3/c1-7(2)5-9(12(18)19-4)15-11(17)10-8(13)6-14-16(10)3/h6-7,9H,5,13H2,1-4H3,(H,15,17). The number of rotatable bonds is 5.